The Balaban J connectivity index is 1.90. The van der Waals surface area contributed by atoms with Crippen LogP contribution in [-0.4, -0.2) is 61.5 Å². The molecule has 34 heavy (non-hydrogen) atoms. The average molecular weight is 466 g/mol. The van der Waals surface area contributed by atoms with E-state index in [1.807, 2.05) is 58.0 Å². The number of hydrogen-bond acceptors (Lipinski definition) is 5. The van der Waals surface area contributed by atoms with Crippen LogP contribution < -0.4 is 9.64 Å². The summed E-state index contributed by atoms with van der Waals surface area (Å²) in [7, 11) is 7.21. The Bertz CT molecular complexity index is 1120. The maximum absolute atomic E-state index is 13.4. The van der Waals surface area contributed by atoms with Gasteiger partial charge in [-0.3, -0.25) is 9.59 Å². The fourth-order valence-corrected chi connectivity index (χ4v) is 4.32. The lowest BCUT2D eigenvalue weighted by atomic mass is 9.98. The summed E-state index contributed by atoms with van der Waals surface area (Å²) in [6, 6.07) is 7.22. The van der Waals surface area contributed by atoms with Crippen molar-refractivity contribution < 1.29 is 19.4 Å². The van der Waals surface area contributed by atoms with Crippen molar-refractivity contribution in [1.29, 1.82) is 0 Å². The molecule has 1 N–H and O–H groups in total. The number of fused-ring (bicyclic) bond motifs is 1. The van der Waals surface area contributed by atoms with Crippen LogP contribution in [0.15, 0.2) is 36.4 Å². The summed E-state index contributed by atoms with van der Waals surface area (Å²) in [5.74, 6) is 0.234. The molecule has 0 saturated heterocycles. The topological polar surface area (TPSA) is 73.3 Å². The zero-order valence-electron chi connectivity index (χ0n) is 21.2. The number of phenolic OH excluding ortho intramolecular Hbond substituents is 1. The molecule has 0 atom stereocenters. The predicted octanol–water partition coefficient (Wildman–Crippen LogP) is 4.07. The number of aryl methyl sites for hydroxylation is 1. The van der Waals surface area contributed by atoms with Crippen molar-refractivity contribution >= 4 is 17.5 Å². The minimum Gasteiger partial charge on any atom is -0.507 e. The van der Waals surface area contributed by atoms with Crippen LogP contribution in [0.5, 0.6) is 11.5 Å². The minimum absolute atomic E-state index is 0.100. The van der Waals surface area contributed by atoms with Crippen molar-refractivity contribution in [3.05, 3.63) is 64.2 Å². The monoisotopic (exact) mass is 465 g/mol. The van der Waals surface area contributed by atoms with E-state index in [1.54, 1.807) is 36.1 Å². The van der Waals surface area contributed by atoms with Gasteiger partial charge < -0.3 is 24.5 Å². The highest BCUT2D eigenvalue weighted by molar-refractivity contribution is 6.03. The Labute approximate surface area is 202 Å². The Morgan fingerprint density at radius 1 is 1.18 bits per heavy atom. The molecule has 3 rings (SSSR count). The summed E-state index contributed by atoms with van der Waals surface area (Å²) in [4.78, 5) is 31.6. The first-order valence-corrected chi connectivity index (χ1v) is 11.5. The molecule has 0 aliphatic carbocycles. The van der Waals surface area contributed by atoms with Crippen molar-refractivity contribution in [3.63, 3.8) is 0 Å². The van der Waals surface area contributed by atoms with E-state index < -0.39 is 0 Å². The van der Waals surface area contributed by atoms with Crippen LogP contribution in [0.25, 0.3) is 0 Å². The van der Waals surface area contributed by atoms with Crippen molar-refractivity contribution in [2.24, 2.45) is 0 Å². The standard InChI is InChI=1S/C27H35N3O4/c1-17(2)20-13-21(23(31)14-24(20)34-7)27(33)30-15-19-11-10-18(3)26(22(19)16-30)29(6)25(32)9-8-12-28(4)5/h8-11,13-14,17,31H,12,15-16H2,1-7H3/b9-8+. The fourth-order valence-electron chi connectivity index (χ4n) is 4.32. The molecule has 7 nitrogen and oxygen atoms in total. The molecule has 2 amide bonds. The van der Waals surface area contributed by atoms with Gasteiger partial charge in [-0.1, -0.05) is 32.1 Å². The lowest BCUT2D eigenvalue weighted by Crippen LogP contribution is -2.28. The van der Waals surface area contributed by atoms with E-state index in [9.17, 15) is 14.7 Å². The lowest BCUT2D eigenvalue weighted by Gasteiger charge is -2.22. The molecular weight excluding hydrogens is 430 g/mol. The smallest absolute Gasteiger partial charge is 0.258 e. The number of anilines is 1. The molecule has 0 aromatic heterocycles. The lowest BCUT2D eigenvalue weighted by molar-refractivity contribution is -0.113. The van der Waals surface area contributed by atoms with Crippen LogP contribution in [0.4, 0.5) is 5.69 Å². The van der Waals surface area contributed by atoms with Crippen LogP contribution in [0, 0.1) is 6.92 Å². The Morgan fingerprint density at radius 2 is 1.88 bits per heavy atom. The zero-order valence-corrected chi connectivity index (χ0v) is 21.2. The van der Waals surface area contributed by atoms with Crippen molar-refractivity contribution in [2.45, 2.75) is 39.8 Å². The predicted molar refractivity (Wildman–Crippen MR) is 135 cm³/mol. The minimum atomic E-state index is -0.248. The number of amides is 2. The molecule has 0 radical (unpaired) electrons. The summed E-state index contributed by atoms with van der Waals surface area (Å²) in [6.07, 6.45) is 3.42. The molecular formula is C27H35N3O4. The fraction of sp³-hybridized carbons (Fsp3) is 0.407. The Morgan fingerprint density at radius 3 is 2.50 bits per heavy atom. The van der Waals surface area contributed by atoms with Gasteiger partial charge in [0.25, 0.3) is 5.91 Å². The van der Waals surface area contributed by atoms with E-state index >= 15 is 0 Å². The number of ether oxygens (including phenoxy) is 1. The van der Waals surface area contributed by atoms with Gasteiger partial charge in [-0.25, -0.2) is 0 Å². The summed E-state index contributed by atoms with van der Waals surface area (Å²) >= 11 is 0. The second kappa shape index (κ2) is 10.3. The Kier molecular flexibility index (Phi) is 7.67. The summed E-state index contributed by atoms with van der Waals surface area (Å²) in [5, 5.41) is 10.6. The largest absolute Gasteiger partial charge is 0.507 e. The summed E-state index contributed by atoms with van der Waals surface area (Å²) in [5.41, 5.74) is 4.89. The van der Waals surface area contributed by atoms with Crippen molar-refractivity contribution in [1.82, 2.24) is 9.80 Å². The molecule has 2 aromatic rings. The zero-order chi connectivity index (χ0) is 25.2. The number of carbonyl (C=O) groups is 2. The first-order valence-electron chi connectivity index (χ1n) is 11.5. The Hall–Kier alpha value is -3.32. The van der Waals surface area contributed by atoms with Gasteiger partial charge in [0.1, 0.15) is 11.5 Å². The molecule has 0 spiro atoms. The number of methoxy groups -OCH3 is 1. The normalized spacial score (nSPS) is 13.1. The van der Waals surface area contributed by atoms with E-state index in [1.165, 1.54) is 6.07 Å². The SMILES string of the molecule is COc1cc(O)c(C(=O)N2Cc3ccc(C)c(N(C)C(=O)/C=C/CN(C)C)c3C2)cc1C(C)C. The number of nitrogens with zero attached hydrogens (tertiary/aromatic N) is 3. The van der Waals surface area contributed by atoms with Crippen molar-refractivity contribution in [3.8, 4) is 11.5 Å². The third kappa shape index (κ3) is 5.09. The number of likely N-dealkylation sites (N-methyl/N-ethyl adjacent to an activating group) is 2. The van der Waals surface area contributed by atoms with E-state index in [4.69, 9.17) is 4.74 Å². The number of rotatable bonds is 7. The molecule has 1 aliphatic rings. The summed E-state index contributed by atoms with van der Waals surface area (Å²) in [6.45, 7) is 7.47. The molecule has 0 saturated carbocycles. The number of hydrogen-bond donors (Lipinski definition) is 1. The molecule has 7 heteroatoms. The quantitative estimate of drug-likeness (QED) is 0.624. The molecule has 2 aromatic carbocycles. The van der Waals surface area contributed by atoms with Gasteiger partial charge >= 0.3 is 0 Å². The van der Waals surface area contributed by atoms with E-state index in [-0.39, 0.29) is 29.0 Å². The average Bonchev–Trinajstić information content (AvgIpc) is 3.21. The second-order valence-corrected chi connectivity index (χ2v) is 9.36. The summed E-state index contributed by atoms with van der Waals surface area (Å²) < 4.78 is 5.39. The second-order valence-electron chi connectivity index (χ2n) is 9.36. The van der Waals surface area contributed by atoms with E-state index in [0.717, 1.165) is 27.9 Å². The van der Waals surface area contributed by atoms with Crippen molar-refractivity contribution in [2.75, 3.05) is 39.7 Å². The number of aromatic hydroxyl groups is 1. The maximum Gasteiger partial charge on any atom is 0.258 e. The molecule has 1 heterocycles. The highest BCUT2D eigenvalue weighted by atomic mass is 16.5. The van der Waals surface area contributed by atoms with Gasteiger partial charge in [-0.05, 0) is 49.7 Å². The number of phenols is 1. The molecule has 182 valence electrons. The van der Waals surface area contributed by atoms with Gasteiger partial charge in [0.05, 0.1) is 18.4 Å². The third-order valence-electron chi connectivity index (χ3n) is 6.18. The van der Waals surface area contributed by atoms with Crippen LogP contribution in [0.2, 0.25) is 0 Å². The van der Waals surface area contributed by atoms with Crippen LogP contribution in [0.3, 0.4) is 0 Å². The van der Waals surface area contributed by atoms with Gasteiger partial charge in [0.2, 0.25) is 5.91 Å². The van der Waals surface area contributed by atoms with Crippen LogP contribution in [-0.2, 0) is 17.9 Å². The number of carbonyl (C=O) groups excluding carboxylic acids is 2. The van der Waals surface area contributed by atoms with E-state index in [0.29, 0.717) is 25.4 Å². The van der Waals surface area contributed by atoms with Gasteiger partial charge in [-0.15, -0.1) is 0 Å². The molecule has 0 bridgehead atoms. The highest BCUT2D eigenvalue weighted by Crippen LogP contribution is 2.38. The third-order valence-corrected chi connectivity index (χ3v) is 6.18. The van der Waals surface area contributed by atoms with E-state index in [2.05, 4.69) is 0 Å². The first-order chi connectivity index (χ1) is 16.0. The van der Waals surface area contributed by atoms with Gasteiger partial charge in [-0.2, -0.15) is 0 Å². The van der Waals surface area contributed by atoms with Crippen LogP contribution in [0.1, 0.15) is 52.4 Å². The first kappa shape index (κ1) is 25.3. The molecule has 0 unspecified atom stereocenters. The molecule has 0 fully saturated rings. The van der Waals surface area contributed by atoms with Gasteiger partial charge in [0, 0.05) is 44.4 Å². The van der Waals surface area contributed by atoms with Gasteiger partial charge in [0.15, 0.2) is 0 Å². The van der Waals surface area contributed by atoms with Crippen LogP contribution >= 0.6 is 0 Å². The molecule has 1 aliphatic heterocycles. The number of benzene rings is 2. The highest BCUT2D eigenvalue weighted by Gasteiger charge is 2.31. The maximum atomic E-state index is 13.4.